The first kappa shape index (κ1) is 24.0. The van der Waals surface area contributed by atoms with E-state index < -0.39 is 11.9 Å². The van der Waals surface area contributed by atoms with E-state index in [4.69, 9.17) is 9.47 Å². The number of hydrogen-bond acceptors (Lipinski definition) is 6. The molecule has 3 aliphatic rings. The van der Waals surface area contributed by atoms with Gasteiger partial charge in [0.2, 0.25) is 17.7 Å². The fourth-order valence-electron chi connectivity index (χ4n) is 5.72. The summed E-state index contributed by atoms with van der Waals surface area (Å²) >= 11 is 0. The highest BCUT2D eigenvalue weighted by Crippen LogP contribution is 2.43. The summed E-state index contributed by atoms with van der Waals surface area (Å²) in [7, 11) is 1.54. The van der Waals surface area contributed by atoms with E-state index in [1.54, 1.807) is 42.2 Å². The van der Waals surface area contributed by atoms with Gasteiger partial charge in [-0.2, -0.15) is 0 Å². The zero-order valence-electron chi connectivity index (χ0n) is 20.7. The second-order valence-electron chi connectivity index (χ2n) is 10.1. The van der Waals surface area contributed by atoms with E-state index in [0.717, 1.165) is 19.3 Å². The lowest BCUT2D eigenvalue weighted by Gasteiger charge is -2.25. The van der Waals surface area contributed by atoms with Gasteiger partial charge in [0.05, 0.1) is 36.2 Å². The Hall–Kier alpha value is -3.68. The van der Waals surface area contributed by atoms with Crippen molar-refractivity contribution in [1.29, 1.82) is 0 Å². The summed E-state index contributed by atoms with van der Waals surface area (Å²) in [5.74, 6) is -0.727. The maximum Gasteiger partial charge on any atom is 0.316 e. The number of imide groups is 1. The Labute approximate surface area is 210 Å². The normalized spacial score (nSPS) is 25.8. The van der Waals surface area contributed by atoms with E-state index in [-0.39, 0.29) is 42.5 Å². The van der Waals surface area contributed by atoms with Gasteiger partial charge in [0.25, 0.3) is 0 Å². The van der Waals surface area contributed by atoms with E-state index in [2.05, 4.69) is 6.92 Å². The van der Waals surface area contributed by atoms with Gasteiger partial charge in [-0.1, -0.05) is 19.1 Å². The zero-order chi connectivity index (χ0) is 25.6. The van der Waals surface area contributed by atoms with Crippen molar-refractivity contribution in [2.45, 2.75) is 39.5 Å². The third-order valence-corrected chi connectivity index (χ3v) is 7.65. The SMILES string of the molecule is COc1ccccc1N1C[C@H](C(=O)Oc2ccc(N3C(=O)[C@H]4C[C@H](C)CC[C@H]4C3=O)c(C)c2)CC1=O. The van der Waals surface area contributed by atoms with Gasteiger partial charge >= 0.3 is 5.97 Å². The van der Waals surface area contributed by atoms with Crippen LogP contribution in [0.4, 0.5) is 11.4 Å². The molecule has 2 heterocycles. The van der Waals surface area contributed by atoms with Crippen LogP contribution in [0.25, 0.3) is 0 Å². The third kappa shape index (κ3) is 4.14. The molecule has 188 valence electrons. The summed E-state index contributed by atoms with van der Waals surface area (Å²) in [4.78, 5) is 54.5. The van der Waals surface area contributed by atoms with Crippen molar-refractivity contribution < 1.29 is 28.7 Å². The number of fused-ring (bicyclic) bond motifs is 1. The monoisotopic (exact) mass is 490 g/mol. The van der Waals surface area contributed by atoms with Crippen molar-refractivity contribution in [3.63, 3.8) is 0 Å². The predicted molar refractivity (Wildman–Crippen MR) is 133 cm³/mol. The van der Waals surface area contributed by atoms with Gasteiger partial charge < -0.3 is 14.4 Å². The van der Waals surface area contributed by atoms with Crippen LogP contribution in [-0.4, -0.2) is 37.3 Å². The van der Waals surface area contributed by atoms with Gasteiger partial charge in [-0.05, 0) is 68.0 Å². The summed E-state index contributed by atoms with van der Waals surface area (Å²) in [5, 5.41) is 0. The van der Waals surface area contributed by atoms with Crippen LogP contribution in [0.2, 0.25) is 0 Å². The van der Waals surface area contributed by atoms with Gasteiger partial charge in [0, 0.05) is 13.0 Å². The fraction of sp³-hybridized carbons (Fsp3) is 0.429. The van der Waals surface area contributed by atoms with Crippen molar-refractivity contribution >= 4 is 35.1 Å². The Morgan fingerprint density at radius 1 is 0.972 bits per heavy atom. The lowest BCUT2D eigenvalue weighted by atomic mass is 9.76. The van der Waals surface area contributed by atoms with Crippen LogP contribution >= 0.6 is 0 Å². The number of anilines is 2. The number of esters is 1. The molecule has 0 radical (unpaired) electrons. The minimum Gasteiger partial charge on any atom is -0.495 e. The minimum atomic E-state index is -0.616. The number of carbonyl (C=O) groups excluding carboxylic acids is 4. The van der Waals surface area contributed by atoms with E-state index in [0.29, 0.717) is 34.4 Å². The number of hydrogen-bond donors (Lipinski definition) is 0. The molecule has 2 saturated heterocycles. The van der Waals surface area contributed by atoms with Crippen LogP contribution in [0.15, 0.2) is 42.5 Å². The quantitative estimate of drug-likeness (QED) is 0.359. The minimum absolute atomic E-state index is 0.0475. The number of para-hydroxylation sites is 2. The third-order valence-electron chi connectivity index (χ3n) is 7.65. The van der Waals surface area contributed by atoms with Gasteiger partial charge in [-0.15, -0.1) is 0 Å². The molecule has 1 saturated carbocycles. The molecule has 0 aromatic heterocycles. The van der Waals surface area contributed by atoms with Gasteiger partial charge in [0.15, 0.2) is 0 Å². The number of rotatable bonds is 5. The number of ether oxygens (including phenoxy) is 2. The topological polar surface area (TPSA) is 93.2 Å². The highest BCUT2D eigenvalue weighted by atomic mass is 16.5. The summed E-state index contributed by atoms with van der Waals surface area (Å²) in [6.07, 6.45) is 2.49. The number of nitrogens with zero attached hydrogens (tertiary/aromatic N) is 2. The lowest BCUT2D eigenvalue weighted by Crippen LogP contribution is -2.31. The van der Waals surface area contributed by atoms with Crippen molar-refractivity contribution in [3.8, 4) is 11.5 Å². The summed E-state index contributed by atoms with van der Waals surface area (Å²) in [5.41, 5.74) is 1.83. The molecule has 0 N–H and O–H groups in total. The van der Waals surface area contributed by atoms with Crippen molar-refractivity contribution in [2.24, 2.45) is 23.7 Å². The first-order chi connectivity index (χ1) is 17.3. The number of amides is 3. The van der Waals surface area contributed by atoms with Crippen LogP contribution in [0.5, 0.6) is 11.5 Å². The Kier molecular flexibility index (Phi) is 6.28. The van der Waals surface area contributed by atoms with Crippen LogP contribution in [0.3, 0.4) is 0 Å². The summed E-state index contributed by atoms with van der Waals surface area (Å²) in [6, 6.07) is 12.1. The smallest absolute Gasteiger partial charge is 0.316 e. The molecule has 3 fully saturated rings. The maximum atomic E-state index is 13.1. The van der Waals surface area contributed by atoms with E-state index in [9.17, 15) is 19.2 Å². The van der Waals surface area contributed by atoms with Crippen molar-refractivity contribution in [2.75, 3.05) is 23.5 Å². The van der Waals surface area contributed by atoms with Crippen molar-refractivity contribution in [3.05, 3.63) is 48.0 Å². The number of carbonyl (C=O) groups is 4. The number of aryl methyl sites for hydroxylation is 1. The average molecular weight is 491 g/mol. The van der Waals surface area contributed by atoms with Crippen LogP contribution in [-0.2, 0) is 19.2 Å². The predicted octanol–water partition coefficient (Wildman–Crippen LogP) is 3.89. The first-order valence-corrected chi connectivity index (χ1v) is 12.4. The second kappa shape index (κ2) is 9.41. The average Bonchev–Trinajstić information content (AvgIpc) is 3.36. The van der Waals surface area contributed by atoms with Crippen LogP contribution in [0.1, 0.15) is 38.2 Å². The Bertz CT molecular complexity index is 1240. The van der Waals surface area contributed by atoms with Gasteiger partial charge in [-0.25, -0.2) is 4.90 Å². The molecule has 8 nitrogen and oxygen atoms in total. The van der Waals surface area contributed by atoms with Crippen molar-refractivity contribution in [1.82, 2.24) is 0 Å². The van der Waals surface area contributed by atoms with Gasteiger partial charge in [0.1, 0.15) is 11.5 Å². The highest BCUT2D eigenvalue weighted by molar-refractivity contribution is 6.22. The first-order valence-electron chi connectivity index (χ1n) is 12.4. The zero-order valence-corrected chi connectivity index (χ0v) is 20.7. The molecular formula is C28H30N2O6. The number of benzene rings is 2. The summed E-state index contributed by atoms with van der Waals surface area (Å²) in [6.45, 7) is 4.12. The van der Waals surface area contributed by atoms with E-state index in [1.165, 1.54) is 12.0 Å². The maximum absolute atomic E-state index is 13.1. The molecule has 8 heteroatoms. The molecule has 4 atom stereocenters. The van der Waals surface area contributed by atoms with Gasteiger partial charge in [-0.3, -0.25) is 19.2 Å². The summed E-state index contributed by atoms with van der Waals surface area (Å²) < 4.78 is 11.0. The molecule has 2 aromatic carbocycles. The lowest BCUT2D eigenvalue weighted by molar-refractivity contribution is -0.139. The second-order valence-corrected chi connectivity index (χ2v) is 10.1. The van der Waals surface area contributed by atoms with E-state index in [1.807, 2.05) is 12.1 Å². The highest BCUT2D eigenvalue weighted by Gasteiger charge is 2.50. The molecule has 2 aliphatic heterocycles. The number of methoxy groups -OCH3 is 1. The molecular weight excluding hydrogens is 460 g/mol. The molecule has 3 amide bonds. The molecule has 36 heavy (non-hydrogen) atoms. The molecule has 1 aliphatic carbocycles. The largest absolute Gasteiger partial charge is 0.495 e. The molecule has 0 bridgehead atoms. The molecule has 5 rings (SSSR count). The molecule has 2 aromatic rings. The Morgan fingerprint density at radius 2 is 1.72 bits per heavy atom. The van der Waals surface area contributed by atoms with Crippen LogP contribution < -0.4 is 19.3 Å². The fourth-order valence-corrected chi connectivity index (χ4v) is 5.72. The molecule has 0 spiro atoms. The Balaban J connectivity index is 1.28. The Morgan fingerprint density at radius 3 is 2.47 bits per heavy atom. The van der Waals surface area contributed by atoms with Crippen LogP contribution in [0, 0.1) is 30.6 Å². The van der Waals surface area contributed by atoms with E-state index >= 15 is 0 Å². The molecule has 0 unspecified atom stereocenters. The standard InChI is InChI=1S/C28H30N2O6/c1-16-8-10-20-21(12-16)27(33)30(26(20)32)22-11-9-19(13-17(22)2)36-28(34)18-14-25(31)29(15-18)23-6-4-5-7-24(23)35-3/h4-7,9,11,13,16,18,20-21H,8,10,12,14-15H2,1-3H3/t16-,18-,20-,21+/m1/s1.